The lowest BCUT2D eigenvalue weighted by molar-refractivity contribution is -0.141. The van der Waals surface area contributed by atoms with Crippen molar-refractivity contribution in [3.05, 3.63) is 53.2 Å². The fourth-order valence-corrected chi connectivity index (χ4v) is 2.38. The van der Waals surface area contributed by atoms with E-state index in [4.69, 9.17) is 4.74 Å². The van der Waals surface area contributed by atoms with Crippen molar-refractivity contribution in [2.24, 2.45) is 4.99 Å². The van der Waals surface area contributed by atoms with E-state index in [2.05, 4.69) is 9.98 Å². The SMILES string of the molecule is Cc1ccc(-c2ccc(C3=NCC(=O)OC3)cc2C(F)(F)F)nc1. The van der Waals surface area contributed by atoms with E-state index >= 15 is 0 Å². The number of halogens is 3. The number of carbonyl (C=O) groups excluding carboxylic acids is 1. The van der Waals surface area contributed by atoms with Crippen LogP contribution in [0.3, 0.4) is 0 Å². The second-order valence-corrected chi connectivity index (χ2v) is 5.40. The summed E-state index contributed by atoms with van der Waals surface area (Å²) in [7, 11) is 0. The fraction of sp³-hybridized carbons (Fsp3) is 0.235. The van der Waals surface area contributed by atoms with E-state index < -0.39 is 17.7 Å². The summed E-state index contributed by atoms with van der Waals surface area (Å²) >= 11 is 0. The number of ether oxygens (including phenoxy) is 1. The summed E-state index contributed by atoms with van der Waals surface area (Å²) in [5.41, 5.74) is 0.920. The van der Waals surface area contributed by atoms with E-state index in [0.29, 0.717) is 5.71 Å². The smallest absolute Gasteiger partial charge is 0.417 e. The first-order valence-electron chi connectivity index (χ1n) is 7.18. The van der Waals surface area contributed by atoms with Gasteiger partial charge < -0.3 is 4.74 Å². The molecule has 0 bridgehead atoms. The van der Waals surface area contributed by atoms with Crippen LogP contribution in [0, 0.1) is 6.92 Å². The van der Waals surface area contributed by atoms with Crippen LogP contribution in [-0.4, -0.2) is 29.8 Å². The number of hydrogen-bond acceptors (Lipinski definition) is 4. The summed E-state index contributed by atoms with van der Waals surface area (Å²) in [5.74, 6) is -0.490. The number of aliphatic imine (C=N–C) groups is 1. The van der Waals surface area contributed by atoms with Crippen molar-refractivity contribution in [1.82, 2.24) is 4.98 Å². The minimum Gasteiger partial charge on any atom is -0.458 e. The molecule has 1 aromatic carbocycles. The number of rotatable bonds is 2. The molecule has 0 saturated carbocycles. The lowest BCUT2D eigenvalue weighted by atomic mass is 9.98. The van der Waals surface area contributed by atoms with E-state index in [0.717, 1.165) is 11.6 Å². The van der Waals surface area contributed by atoms with Crippen LogP contribution in [0.25, 0.3) is 11.3 Å². The zero-order chi connectivity index (χ0) is 17.3. The average Bonchev–Trinajstić information content (AvgIpc) is 2.55. The zero-order valence-corrected chi connectivity index (χ0v) is 12.7. The van der Waals surface area contributed by atoms with E-state index in [9.17, 15) is 18.0 Å². The van der Waals surface area contributed by atoms with Crippen LogP contribution >= 0.6 is 0 Å². The maximum atomic E-state index is 13.5. The Labute approximate surface area is 136 Å². The summed E-state index contributed by atoms with van der Waals surface area (Å²) in [6.07, 6.45) is -3.02. The Hall–Kier alpha value is -2.70. The largest absolute Gasteiger partial charge is 0.458 e. The van der Waals surface area contributed by atoms with Crippen LogP contribution in [0.5, 0.6) is 0 Å². The van der Waals surface area contributed by atoms with E-state index in [1.807, 2.05) is 6.92 Å². The number of alkyl halides is 3. The second kappa shape index (κ2) is 6.07. The van der Waals surface area contributed by atoms with Gasteiger partial charge in [0, 0.05) is 11.8 Å². The quantitative estimate of drug-likeness (QED) is 0.791. The number of hydrogen-bond donors (Lipinski definition) is 0. The molecule has 0 radical (unpaired) electrons. The Bertz CT molecular complexity index is 812. The van der Waals surface area contributed by atoms with Gasteiger partial charge in [0.2, 0.25) is 0 Å². The van der Waals surface area contributed by atoms with Crippen molar-refractivity contribution in [1.29, 1.82) is 0 Å². The summed E-state index contributed by atoms with van der Waals surface area (Å²) in [4.78, 5) is 19.1. The van der Waals surface area contributed by atoms with E-state index in [1.165, 1.54) is 18.3 Å². The van der Waals surface area contributed by atoms with Gasteiger partial charge in [-0.2, -0.15) is 13.2 Å². The maximum Gasteiger partial charge on any atom is 0.417 e. The lowest BCUT2D eigenvalue weighted by Crippen LogP contribution is -2.24. The molecule has 0 N–H and O–H groups in total. The van der Waals surface area contributed by atoms with E-state index in [1.54, 1.807) is 12.1 Å². The molecular formula is C17H13F3N2O2. The molecule has 3 rings (SSSR count). The molecule has 1 aliphatic heterocycles. The van der Waals surface area contributed by atoms with Crippen molar-refractivity contribution >= 4 is 11.7 Å². The van der Waals surface area contributed by atoms with Crippen molar-refractivity contribution < 1.29 is 22.7 Å². The number of nitrogens with zero attached hydrogens (tertiary/aromatic N) is 2. The molecule has 0 unspecified atom stereocenters. The average molecular weight is 334 g/mol. The molecule has 0 fully saturated rings. The number of aromatic nitrogens is 1. The molecule has 24 heavy (non-hydrogen) atoms. The number of carbonyl (C=O) groups is 1. The Morgan fingerprint density at radius 2 is 1.96 bits per heavy atom. The van der Waals surface area contributed by atoms with Gasteiger partial charge in [0.25, 0.3) is 0 Å². The highest BCUT2D eigenvalue weighted by atomic mass is 19.4. The molecule has 1 aromatic heterocycles. The summed E-state index contributed by atoms with van der Waals surface area (Å²) in [5, 5.41) is 0. The molecule has 1 aliphatic rings. The van der Waals surface area contributed by atoms with Gasteiger partial charge in [-0.05, 0) is 30.2 Å². The van der Waals surface area contributed by atoms with Crippen LogP contribution in [0.15, 0.2) is 41.5 Å². The summed E-state index contributed by atoms with van der Waals surface area (Å²) < 4.78 is 45.2. The third-order valence-electron chi connectivity index (χ3n) is 3.61. The Kier molecular flexibility index (Phi) is 4.09. The van der Waals surface area contributed by atoms with Crippen molar-refractivity contribution in [3.8, 4) is 11.3 Å². The monoisotopic (exact) mass is 334 g/mol. The standard InChI is InChI=1S/C17H13F3N2O2/c1-10-2-5-14(21-7-10)12-4-3-11(6-13(12)17(18,19)20)15-9-24-16(23)8-22-15/h2-7H,8-9H2,1H3. The first-order valence-corrected chi connectivity index (χ1v) is 7.18. The molecule has 2 heterocycles. The molecular weight excluding hydrogens is 321 g/mol. The molecule has 0 spiro atoms. The molecule has 0 aliphatic carbocycles. The van der Waals surface area contributed by atoms with Gasteiger partial charge in [-0.25, -0.2) is 0 Å². The van der Waals surface area contributed by atoms with Gasteiger partial charge in [0.05, 0.1) is 17.0 Å². The van der Waals surface area contributed by atoms with Crippen LogP contribution in [-0.2, 0) is 15.7 Å². The van der Waals surface area contributed by atoms with Gasteiger partial charge in [-0.3, -0.25) is 14.8 Å². The third-order valence-corrected chi connectivity index (χ3v) is 3.61. The van der Waals surface area contributed by atoms with Crippen molar-refractivity contribution in [3.63, 3.8) is 0 Å². The van der Waals surface area contributed by atoms with Crippen LogP contribution < -0.4 is 0 Å². The third kappa shape index (κ3) is 3.29. The van der Waals surface area contributed by atoms with Gasteiger partial charge >= 0.3 is 12.1 Å². The first kappa shape index (κ1) is 16.2. The Morgan fingerprint density at radius 1 is 1.17 bits per heavy atom. The molecule has 124 valence electrons. The topological polar surface area (TPSA) is 51.5 Å². The fourth-order valence-electron chi connectivity index (χ4n) is 2.38. The van der Waals surface area contributed by atoms with Gasteiger partial charge in [0.15, 0.2) is 0 Å². The highest BCUT2D eigenvalue weighted by Crippen LogP contribution is 2.37. The molecule has 0 amide bonds. The molecule has 2 aromatic rings. The minimum absolute atomic E-state index is 0.000320. The maximum absolute atomic E-state index is 13.5. The normalized spacial score (nSPS) is 15.0. The Balaban J connectivity index is 2.08. The summed E-state index contributed by atoms with van der Waals surface area (Å²) in [6, 6.07) is 7.19. The Morgan fingerprint density at radius 3 is 2.54 bits per heavy atom. The number of cyclic esters (lactones) is 1. The van der Waals surface area contributed by atoms with Gasteiger partial charge in [-0.15, -0.1) is 0 Å². The predicted octanol–water partition coefficient (Wildman–Crippen LogP) is 3.42. The van der Waals surface area contributed by atoms with Crippen LogP contribution in [0.4, 0.5) is 13.2 Å². The molecule has 0 saturated heterocycles. The number of aryl methyl sites for hydroxylation is 1. The highest BCUT2D eigenvalue weighted by molar-refractivity contribution is 6.05. The second-order valence-electron chi connectivity index (χ2n) is 5.40. The zero-order valence-electron chi connectivity index (χ0n) is 12.7. The van der Waals surface area contributed by atoms with Gasteiger partial charge in [0.1, 0.15) is 13.2 Å². The molecule has 0 atom stereocenters. The van der Waals surface area contributed by atoms with Crippen LogP contribution in [0.2, 0.25) is 0 Å². The molecule has 4 nitrogen and oxygen atoms in total. The highest BCUT2D eigenvalue weighted by Gasteiger charge is 2.34. The number of benzene rings is 1. The van der Waals surface area contributed by atoms with Crippen molar-refractivity contribution in [2.75, 3.05) is 13.2 Å². The molecule has 7 heteroatoms. The van der Waals surface area contributed by atoms with E-state index in [-0.39, 0.29) is 30.0 Å². The van der Waals surface area contributed by atoms with Crippen LogP contribution in [0.1, 0.15) is 16.7 Å². The number of pyridine rings is 1. The minimum atomic E-state index is -4.54. The lowest BCUT2D eigenvalue weighted by Gasteiger charge is -2.17. The number of esters is 1. The van der Waals surface area contributed by atoms with Gasteiger partial charge in [-0.1, -0.05) is 18.2 Å². The predicted molar refractivity (Wildman–Crippen MR) is 81.8 cm³/mol. The summed E-state index contributed by atoms with van der Waals surface area (Å²) in [6.45, 7) is 1.50. The first-order chi connectivity index (χ1) is 11.3. The van der Waals surface area contributed by atoms with Crippen molar-refractivity contribution in [2.45, 2.75) is 13.1 Å².